The van der Waals surface area contributed by atoms with E-state index >= 15 is 0 Å². The molecule has 6 heteroatoms. The number of Topliss-reactive ketones (excluding diaryl/α,β-unsaturated/α-hetero) is 1. The van der Waals surface area contributed by atoms with Crippen molar-refractivity contribution in [3.8, 4) is 0 Å². The van der Waals surface area contributed by atoms with Crippen LogP contribution in [-0.4, -0.2) is 47.7 Å². The summed E-state index contributed by atoms with van der Waals surface area (Å²) in [7, 11) is 0. The van der Waals surface area contributed by atoms with Crippen LogP contribution in [0, 0.1) is 23.2 Å². The summed E-state index contributed by atoms with van der Waals surface area (Å²) in [4.78, 5) is 40.7. The number of benzene rings is 1. The van der Waals surface area contributed by atoms with Crippen LogP contribution < -0.4 is 11.1 Å². The Hall–Kier alpha value is -2.05. The Morgan fingerprint density at radius 2 is 1.77 bits per heavy atom. The molecule has 1 aromatic rings. The summed E-state index contributed by atoms with van der Waals surface area (Å²) in [6.07, 6.45) is 7.01. The second-order valence-corrected chi connectivity index (χ2v) is 10.0. The molecule has 6 nitrogen and oxygen atoms in total. The van der Waals surface area contributed by atoms with Crippen molar-refractivity contribution in [1.29, 1.82) is 0 Å². The van der Waals surface area contributed by atoms with Crippen LogP contribution in [0.3, 0.4) is 0 Å². The number of carbonyl (C=O) groups excluding carboxylic acids is 3. The van der Waals surface area contributed by atoms with Gasteiger partial charge < -0.3 is 5.73 Å². The van der Waals surface area contributed by atoms with Crippen LogP contribution in [0.5, 0.6) is 0 Å². The first kappa shape index (κ1) is 19.9. The zero-order valence-electron chi connectivity index (χ0n) is 17.4. The molecule has 3 N–H and O–H groups in total. The summed E-state index contributed by atoms with van der Waals surface area (Å²) in [5, 5.41) is 2.53. The van der Waals surface area contributed by atoms with Crippen LogP contribution in [0.2, 0.25) is 0 Å². The van der Waals surface area contributed by atoms with Gasteiger partial charge in [-0.1, -0.05) is 18.2 Å². The van der Waals surface area contributed by atoms with Crippen molar-refractivity contribution < 1.29 is 14.4 Å². The van der Waals surface area contributed by atoms with Crippen molar-refractivity contribution in [3.63, 3.8) is 0 Å². The number of nitrogens with two attached hydrogens (primary N) is 1. The molecule has 0 spiro atoms. The van der Waals surface area contributed by atoms with Crippen molar-refractivity contribution in [3.05, 3.63) is 35.9 Å². The molecule has 30 heavy (non-hydrogen) atoms. The molecule has 0 radical (unpaired) electrons. The summed E-state index contributed by atoms with van der Waals surface area (Å²) in [6, 6.07) is 8.29. The summed E-state index contributed by atoms with van der Waals surface area (Å²) in [5.74, 6) is 1.32. The third kappa shape index (κ3) is 3.30. The molecule has 1 saturated heterocycles. The molecule has 1 aromatic carbocycles. The topological polar surface area (TPSA) is 92.5 Å². The third-order valence-electron chi connectivity index (χ3n) is 8.23. The van der Waals surface area contributed by atoms with E-state index in [1.165, 1.54) is 19.3 Å². The molecule has 6 rings (SSSR count). The van der Waals surface area contributed by atoms with Gasteiger partial charge in [-0.3, -0.25) is 24.6 Å². The predicted molar refractivity (Wildman–Crippen MR) is 112 cm³/mol. The fourth-order valence-electron chi connectivity index (χ4n) is 7.00. The molecule has 4 aliphatic carbocycles. The van der Waals surface area contributed by atoms with E-state index in [0.717, 1.165) is 19.3 Å². The number of nitrogens with zero attached hydrogens (tertiary/aromatic N) is 1. The molecule has 1 heterocycles. The van der Waals surface area contributed by atoms with E-state index in [9.17, 15) is 14.4 Å². The minimum atomic E-state index is -0.424. The van der Waals surface area contributed by atoms with E-state index in [0.29, 0.717) is 36.3 Å². The zero-order valence-corrected chi connectivity index (χ0v) is 17.4. The molecular weight excluding hydrogens is 378 g/mol. The first-order valence-corrected chi connectivity index (χ1v) is 11.4. The Bertz CT molecular complexity index is 841. The Morgan fingerprint density at radius 1 is 1.07 bits per heavy atom. The predicted octanol–water partition coefficient (Wildman–Crippen LogP) is 2.13. The molecule has 4 atom stereocenters. The largest absolute Gasteiger partial charge is 0.327 e. The summed E-state index contributed by atoms with van der Waals surface area (Å²) < 4.78 is 0. The maximum absolute atomic E-state index is 13.6. The van der Waals surface area contributed by atoms with Crippen molar-refractivity contribution in [2.45, 2.75) is 57.0 Å². The van der Waals surface area contributed by atoms with E-state index in [1.54, 1.807) is 24.3 Å². The van der Waals surface area contributed by atoms with Gasteiger partial charge in [0.05, 0.1) is 12.6 Å². The highest BCUT2D eigenvalue weighted by molar-refractivity contribution is 6.06. The lowest BCUT2D eigenvalue weighted by Crippen LogP contribution is -2.64. The highest BCUT2D eigenvalue weighted by Gasteiger charge is 2.59. The van der Waals surface area contributed by atoms with Crippen LogP contribution in [0.4, 0.5) is 0 Å². The zero-order chi connectivity index (χ0) is 20.9. The summed E-state index contributed by atoms with van der Waals surface area (Å²) >= 11 is 0. The van der Waals surface area contributed by atoms with E-state index in [4.69, 9.17) is 5.73 Å². The lowest BCUT2D eigenvalue weighted by Gasteiger charge is -2.59. The van der Waals surface area contributed by atoms with Gasteiger partial charge in [0, 0.05) is 17.0 Å². The van der Waals surface area contributed by atoms with Gasteiger partial charge in [0.15, 0.2) is 5.78 Å². The Labute approximate surface area is 177 Å². The van der Waals surface area contributed by atoms with Gasteiger partial charge in [0.2, 0.25) is 5.91 Å². The number of amides is 2. The number of carbonyl (C=O) groups is 3. The van der Waals surface area contributed by atoms with Crippen molar-refractivity contribution in [2.24, 2.45) is 28.9 Å². The molecule has 2 amide bonds. The fourth-order valence-corrected chi connectivity index (χ4v) is 7.00. The smallest absolute Gasteiger partial charge is 0.257 e. The summed E-state index contributed by atoms with van der Waals surface area (Å²) in [6.45, 7) is 0.989. The van der Waals surface area contributed by atoms with Gasteiger partial charge in [-0.15, -0.1) is 0 Å². The Kier molecular flexibility index (Phi) is 5.02. The van der Waals surface area contributed by atoms with E-state index in [1.807, 2.05) is 11.0 Å². The number of likely N-dealkylation sites (tertiary alicyclic amines) is 1. The molecule has 5 aliphatic rings. The molecule has 1 aliphatic heterocycles. The molecule has 0 aromatic heterocycles. The van der Waals surface area contributed by atoms with Gasteiger partial charge in [-0.2, -0.15) is 0 Å². The lowest BCUT2D eigenvalue weighted by atomic mass is 9.46. The van der Waals surface area contributed by atoms with Crippen LogP contribution in [0.25, 0.3) is 0 Å². The van der Waals surface area contributed by atoms with Gasteiger partial charge in [-0.05, 0) is 81.4 Å². The molecule has 4 saturated carbocycles. The van der Waals surface area contributed by atoms with Gasteiger partial charge in [0.1, 0.15) is 0 Å². The Balaban J connectivity index is 1.26. The van der Waals surface area contributed by atoms with Gasteiger partial charge >= 0.3 is 0 Å². The summed E-state index contributed by atoms with van der Waals surface area (Å²) in [5.41, 5.74) is 6.71. The van der Waals surface area contributed by atoms with Crippen molar-refractivity contribution in [2.75, 3.05) is 13.1 Å². The standard InChI is InChI=1S/C24H31N3O3/c25-21-18-10-15-9-16(11-18)13-24(21,12-15)20(28)14-27-8-4-7-19(27)23(30)26-22(29)17-5-2-1-3-6-17/h1-3,5-6,15-16,18-19,21H,4,7-14,25H2,(H,26,29,30)/t15?,16?,18?,19-,21?,24?/m1/s1. The maximum atomic E-state index is 13.6. The number of ketones is 1. The van der Waals surface area contributed by atoms with Crippen molar-refractivity contribution >= 4 is 17.6 Å². The monoisotopic (exact) mass is 409 g/mol. The van der Waals surface area contributed by atoms with Crippen LogP contribution in [-0.2, 0) is 9.59 Å². The van der Waals surface area contributed by atoms with E-state index in [2.05, 4.69) is 5.32 Å². The number of hydrogen-bond acceptors (Lipinski definition) is 5. The minimum absolute atomic E-state index is 0.0349. The van der Waals surface area contributed by atoms with Gasteiger partial charge in [-0.25, -0.2) is 0 Å². The highest BCUT2D eigenvalue weighted by atomic mass is 16.2. The quantitative estimate of drug-likeness (QED) is 0.727. The number of rotatable bonds is 5. The first-order chi connectivity index (χ1) is 14.5. The minimum Gasteiger partial charge on any atom is -0.327 e. The van der Waals surface area contributed by atoms with Gasteiger partial charge in [0.25, 0.3) is 5.91 Å². The maximum Gasteiger partial charge on any atom is 0.257 e. The fraction of sp³-hybridized carbons (Fsp3) is 0.625. The highest BCUT2D eigenvalue weighted by Crippen LogP contribution is 2.59. The van der Waals surface area contributed by atoms with Crippen LogP contribution >= 0.6 is 0 Å². The Morgan fingerprint density at radius 3 is 2.47 bits per heavy atom. The van der Waals surface area contributed by atoms with Crippen molar-refractivity contribution in [1.82, 2.24) is 10.2 Å². The molecule has 5 fully saturated rings. The van der Waals surface area contributed by atoms with E-state index in [-0.39, 0.29) is 30.2 Å². The lowest BCUT2D eigenvalue weighted by molar-refractivity contribution is -0.149. The molecule has 3 unspecified atom stereocenters. The average molecular weight is 410 g/mol. The second kappa shape index (κ2) is 7.57. The third-order valence-corrected chi connectivity index (χ3v) is 8.23. The first-order valence-electron chi connectivity index (χ1n) is 11.4. The SMILES string of the molecule is NC1C2CC3CC(C2)CC1(C(=O)CN1CCC[C@@H]1C(=O)NC(=O)c1ccccc1)C3. The number of imide groups is 1. The normalized spacial score (nSPS) is 37.3. The number of hydrogen-bond donors (Lipinski definition) is 2. The van der Waals surface area contributed by atoms with Crippen LogP contribution in [0.1, 0.15) is 55.3 Å². The van der Waals surface area contributed by atoms with Crippen LogP contribution in [0.15, 0.2) is 30.3 Å². The number of nitrogens with one attached hydrogen (secondary N) is 1. The second-order valence-electron chi connectivity index (χ2n) is 10.0. The molecule has 4 bridgehead atoms. The average Bonchev–Trinajstić information content (AvgIpc) is 3.20. The molecular formula is C24H31N3O3. The molecule has 160 valence electrons. The van der Waals surface area contributed by atoms with E-state index < -0.39 is 11.5 Å².